The van der Waals surface area contributed by atoms with E-state index in [1.165, 1.54) is 5.01 Å². The Balaban J connectivity index is 1.08. The third-order valence-corrected chi connectivity index (χ3v) is 7.32. The first-order valence-electron chi connectivity index (χ1n) is 13.7. The molecule has 9 heteroatoms. The predicted octanol–water partition coefficient (Wildman–Crippen LogP) is 5.85. The van der Waals surface area contributed by atoms with Crippen molar-refractivity contribution in [2.24, 2.45) is 11.0 Å². The Morgan fingerprint density at radius 2 is 1.64 bits per heavy atom. The van der Waals surface area contributed by atoms with Gasteiger partial charge in [-0.25, -0.2) is 9.80 Å². The van der Waals surface area contributed by atoms with Gasteiger partial charge in [-0.05, 0) is 79.4 Å². The van der Waals surface area contributed by atoms with Crippen molar-refractivity contribution >= 4 is 29.4 Å². The zero-order chi connectivity index (χ0) is 28.9. The van der Waals surface area contributed by atoms with Crippen LogP contribution in [-0.2, 0) is 14.3 Å². The molecule has 0 spiro atoms. The number of hydrogen-bond donors (Lipinski definition) is 0. The molecule has 2 aliphatic rings. The molecule has 9 nitrogen and oxygen atoms in total. The van der Waals surface area contributed by atoms with E-state index in [0.29, 0.717) is 22.6 Å². The number of ether oxygens (including phenoxy) is 2. The highest BCUT2D eigenvalue weighted by Crippen LogP contribution is 2.44. The molecule has 2 unspecified atom stereocenters. The molecule has 2 aromatic carbocycles. The van der Waals surface area contributed by atoms with Gasteiger partial charge in [-0.2, -0.15) is 5.10 Å². The number of carbonyl (C=O) groups excluding carboxylic acids is 3. The summed E-state index contributed by atoms with van der Waals surface area (Å²) in [5, 5.41) is 6.08. The number of benzene rings is 2. The Kier molecular flexibility index (Phi) is 7.81. The molecule has 212 valence electrons. The summed E-state index contributed by atoms with van der Waals surface area (Å²) < 4.78 is 22.0. The van der Waals surface area contributed by atoms with E-state index >= 15 is 0 Å². The molecule has 0 saturated heterocycles. The zero-order valence-electron chi connectivity index (χ0n) is 22.7. The number of ketones is 1. The van der Waals surface area contributed by atoms with Crippen molar-refractivity contribution in [3.63, 3.8) is 0 Å². The van der Waals surface area contributed by atoms with E-state index in [2.05, 4.69) is 0 Å². The second kappa shape index (κ2) is 12.1. The second-order valence-corrected chi connectivity index (χ2v) is 10.0. The normalized spacial score (nSPS) is 18.8. The number of amides is 1. The number of carbonyl (C=O) groups is 3. The number of hydrogen-bond acceptors (Lipinski definition) is 8. The summed E-state index contributed by atoms with van der Waals surface area (Å²) in [5.41, 5.74) is 2.91. The summed E-state index contributed by atoms with van der Waals surface area (Å²) in [7, 11) is 0. The first-order chi connectivity index (χ1) is 20.6. The van der Waals surface area contributed by atoms with Gasteiger partial charge in [-0.1, -0.05) is 30.3 Å². The first-order valence-corrected chi connectivity index (χ1v) is 13.7. The summed E-state index contributed by atoms with van der Waals surface area (Å²) in [6.07, 6.45) is 7.73. The van der Waals surface area contributed by atoms with Crippen molar-refractivity contribution in [1.82, 2.24) is 5.01 Å². The Morgan fingerprint density at radius 3 is 2.38 bits per heavy atom. The molecule has 2 atom stereocenters. The van der Waals surface area contributed by atoms with Crippen LogP contribution in [0.1, 0.15) is 52.7 Å². The van der Waals surface area contributed by atoms with Gasteiger partial charge in [0, 0.05) is 17.0 Å². The molecular formula is C33H28N2O7. The van der Waals surface area contributed by atoms with Crippen LogP contribution in [0.2, 0.25) is 0 Å². The van der Waals surface area contributed by atoms with Gasteiger partial charge in [0.15, 0.2) is 19.0 Å². The van der Waals surface area contributed by atoms with Crippen LogP contribution in [0.5, 0.6) is 5.75 Å². The molecule has 0 bridgehead atoms. The van der Waals surface area contributed by atoms with Gasteiger partial charge in [-0.15, -0.1) is 0 Å². The lowest BCUT2D eigenvalue weighted by Gasteiger charge is -2.27. The average molecular weight is 565 g/mol. The maximum absolute atomic E-state index is 13.3. The van der Waals surface area contributed by atoms with Crippen molar-refractivity contribution in [3.8, 4) is 5.75 Å². The smallest absolute Gasteiger partial charge is 0.344 e. The minimum atomic E-state index is -0.704. The summed E-state index contributed by atoms with van der Waals surface area (Å²) in [6.45, 7) is -0.890. The van der Waals surface area contributed by atoms with E-state index in [1.807, 2.05) is 30.3 Å². The highest BCUT2D eigenvalue weighted by atomic mass is 16.6. The van der Waals surface area contributed by atoms with Crippen LogP contribution < -0.4 is 4.74 Å². The molecular weight excluding hydrogens is 536 g/mol. The molecule has 1 aliphatic heterocycles. The topological polar surface area (TPSA) is 112 Å². The Hall–Kier alpha value is -5.18. The van der Waals surface area contributed by atoms with Crippen LogP contribution in [0.15, 0.2) is 111 Å². The lowest BCUT2D eigenvalue weighted by atomic mass is 9.79. The standard InChI is InChI=1S/C33H28N2O7/c36-29(20-42-30(37)21-41-25-15-13-23(14-16-25)33(38)22-7-2-1-3-8-22)35-32(28-12-6-18-40-28)27-11-4-9-24(31(27)34-35)19-26-10-5-17-39-26/h1-3,5-8,10,12-19,27,32H,4,9,11,20-21H2. The molecule has 0 radical (unpaired) electrons. The fraction of sp³-hybridized carbons (Fsp3) is 0.212. The van der Waals surface area contributed by atoms with Gasteiger partial charge in [0.25, 0.3) is 5.91 Å². The van der Waals surface area contributed by atoms with Crippen molar-refractivity contribution in [1.29, 1.82) is 0 Å². The van der Waals surface area contributed by atoms with E-state index < -0.39 is 31.1 Å². The molecule has 3 heterocycles. The van der Waals surface area contributed by atoms with Crippen molar-refractivity contribution < 1.29 is 32.7 Å². The van der Waals surface area contributed by atoms with Crippen molar-refractivity contribution in [2.75, 3.05) is 13.2 Å². The van der Waals surface area contributed by atoms with Gasteiger partial charge in [-0.3, -0.25) is 9.59 Å². The largest absolute Gasteiger partial charge is 0.482 e. The third-order valence-electron chi connectivity index (χ3n) is 7.32. The van der Waals surface area contributed by atoms with Gasteiger partial charge < -0.3 is 18.3 Å². The second-order valence-electron chi connectivity index (χ2n) is 10.0. The fourth-order valence-corrected chi connectivity index (χ4v) is 5.34. The highest BCUT2D eigenvalue weighted by Gasteiger charge is 2.45. The lowest BCUT2D eigenvalue weighted by molar-refractivity contribution is -0.154. The Labute approximate surface area is 242 Å². The molecule has 1 aliphatic carbocycles. The molecule has 6 rings (SSSR count). The van der Waals surface area contributed by atoms with Crippen LogP contribution in [0, 0.1) is 5.92 Å². The van der Waals surface area contributed by atoms with E-state index in [1.54, 1.807) is 67.1 Å². The first kappa shape index (κ1) is 27.0. The minimum Gasteiger partial charge on any atom is -0.482 e. The number of hydrazone groups is 1. The molecule has 1 amide bonds. The minimum absolute atomic E-state index is 0.0501. The number of allylic oxidation sites excluding steroid dienone is 1. The SMILES string of the molecule is O=C(COc1ccc(C(=O)c2ccccc2)cc1)OCC(=O)N1N=C2C(=Cc3ccco3)CCCC2C1c1ccco1. The van der Waals surface area contributed by atoms with E-state index in [0.717, 1.165) is 36.3 Å². The van der Waals surface area contributed by atoms with Crippen LogP contribution in [0.25, 0.3) is 6.08 Å². The summed E-state index contributed by atoms with van der Waals surface area (Å²) in [4.78, 5) is 38.3. The summed E-state index contributed by atoms with van der Waals surface area (Å²) >= 11 is 0. The van der Waals surface area contributed by atoms with Crippen LogP contribution in [0.4, 0.5) is 0 Å². The van der Waals surface area contributed by atoms with Crippen molar-refractivity contribution in [3.05, 3.63) is 120 Å². The van der Waals surface area contributed by atoms with Crippen LogP contribution in [0.3, 0.4) is 0 Å². The molecule has 0 N–H and O–H groups in total. The van der Waals surface area contributed by atoms with Crippen LogP contribution in [-0.4, -0.2) is 41.6 Å². The van der Waals surface area contributed by atoms with Gasteiger partial charge in [0.2, 0.25) is 0 Å². The van der Waals surface area contributed by atoms with E-state index in [-0.39, 0.29) is 11.7 Å². The van der Waals surface area contributed by atoms with Crippen LogP contribution >= 0.6 is 0 Å². The molecule has 4 aromatic rings. The number of fused-ring (bicyclic) bond motifs is 1. The van der Waals surface area contributed by atoms with E-state index in [4.69, 9.17) is 23.4 Å². The fourth-order valence-electron chi connectivity index (χ4n) is 5.34. The average Bonchev–Trinajstić information content (AvgIpc) is 3.81. The maximum atomic E-state index is 13.3. The predicted molar refractivity (Wildman–Crippen MR) is 153 cm³/mol. The molecule has 42 heavy (non-hydrogen) atoms. The quantitative estimate of drug-likeness (QED) is 0.185. The van der Waals surface area contributed by atoms with E-state index in [9.17, 15) is 14.4 Å². The zero-order valence-corrected chi connectivity index (χ0v) is 22.7. The Morgan fingerprint density at radius 1 is 0.881 bits per heavy atom. The number of nitrogens with zero attached hydrogens (tertiary/aromatic N) is 2. The third kappa shape index (κ3) is 5.81. The highest BCUT2D eigenvalue weighted by molar-refractivity contribution is 6.09. The number of rotatable bonds is 9. The Bertz CT molecular complexity index is 1600. The lowest BCUT2D eigenvalue weighted by Crippen LogP contribution is -2.34. The summed E-state index contributed by atoms with van der Waals surface area (Å²) in [5.74, 6) is 0.409. The molecule has 1 saturated carbocycles. The monoisotopic (exact) mass is 564 g/mol. The number of furan rings is 2. The van der Waals surface area contributed by atoms with Crippen molar-refractivity contribution in [2.45, 2.75) is 25.3 Å². The molecule has 2 aromatic heterocycles. The molecule has 1 fully saturated rings. The summed E-state index contributed by atoms with van der Waals surface area (Å²) in [6, 6.07) is 22.3. The maximum Gasteiger partial charge on any atom is 0.344 e. The van der Waals surface area contributed by atoms with Gasteiger partial charge >= 0.3 is 5.97 Å². The number of esters is 1. The van der Waals surface area contributed by atoms with Gasteiger partial charge in [0.1, 0.15) is 23.3 Å². The van der Waals surface area contributed by atoms with Gasteiger partial charge in [0.05, 0.1) is 18.2 Å².